The van der Waals surface area contributed by atoms with Crippen molar-refractivity contribution >= 4 is 21.6 Å². The summed E-state index contributed by atoms with van der Waals surface area (Å²) in [5.41, 5.74) is 2.63. The highest BCUT2D eigenvalue weighted by atomic mass is 32.2. The number of amides is 1. The maximum Gasteiger partial charge on any atom is 0.241 e. The molecule has 0 radical (unpaired) electrons. The molecule has 1 aliphatic rings. The van der Waals surface area contributed by atoms with E-state index in [0.29, 0.717) is 19.4 Å². The summed E-state index contributed by atoms with van der Waals surface area (Å²) in [5, 5.41) is 0. The molecular weight excluding hydrogens is 336 g/mol. The van der Waals surface area contributed by atoms with Crippen LogP contribution in [0.1, 0.15) is 37.4 Å². The molecule has 5 nitrogen and oxygen atoms in total. The van der Waals surface area contributed by atoms with E-state index in [2.05, 4.69) is 4.72 Å². The highest BCUT2D eigenvalue weighted by Gasteiger charge is 2.26. The first kappa shape index (κ1) is 17.6. The molecule has 0 saturated carbocycles. The number of carbonyl (C=O) groups is 1. The van der Waals surface area contributed by atoms with E-state index < -0.39 is 10.0 Å². The van der Waals surface area contributed by atoms with Crippen LogP contribution in [0.2, 0.25) is 0 Å². The van der Waals surface area contributed by atoms with Gasteiger partial charge in [-0.05, 0) is 42.7 Å². The van der Waals surface area contributed by atoms with Crippen LogP contribution in [0.3, 0.4) is 0 Å². The second-order valence-electron chi connectivity index (χ2n) is 6.19. The molecule has 1 aliphatic heterocycles. The molecule has 6 heteroatoms. The molecule has 0 fully saturated rings. The lowest BCUT2D eigenvalue weighted by atomic mass is 10.1. The molecule has 0 saturated heterocycles. The van der Waals surface area contributed by atoms with E-state index in [4.69, 9.17) is 0 Å². The first-order valence-electron chi connectivity index (χ1n) is 8.43. The average molecular weight is 358 g/mol. The van der Waals surface area contributed by atoms with Gasteiger partial charge in [0.1, 0.15) is 0 Å². The summed E-state index contributed by atoms with van der Waals surface area (Å²) in [7, 11) is -3.63. The Bertz CT molecular complexity index is 879. The summed E-state index contributed by atoms with van der Waals surface area (Å²) in [4.78, 5) is 13.9. The van der Waals surface area contributed by atoms with E-state index in [0.717, 1.165) is 16.8 Å². The zero-order chi connectivity index (χ0) is 18.0. The molecule has 0 aliphatic carbocycles. The number of benzene rings is 2. The van der Waals surface area contributed by atoms with Crippen molar-refractivity contribution < 1.29 is 13.2 Å². The normalized spacial score (nSPS) is 15.0. The van der Waals surface area contributed by atoms with Crippen molar-refractivity contribution in [2.24, 2.45) is 0 Å². The second kappa shape index (κ2) is 6.98. The van der Waals surface area contributed by atoms with E-state index >= 15 is 0 Å². The summed E-state index contributed by atoms with van der Waals surface area (Å²) in [5.74, 6) is 0.0604. The Kier molecular flexibility index (Phi) is 4.92. The fourth-order valence-electron chi connectivity index (χ4n) is 3.11. The Balaban J connectivity index is 1.83. The summed E-state index contributed by atoms with van der Waals surface area (Å²) in [6, 6.07) is 14.1. The minimum atomic E-state index is -3.63. The predicted octanol–water partition coefficient (Wildman–Crippen LogP) is 3.03. The number of hydrogen-bond acceptors (Lipinski definition) is 3. The van der Waals surface area contributed by atoms with Crippen molar-refractivity contribution in [2.45, 2.75) is 37.6 Å². The molecule has 1 amide bonds. The number of sulfonamides is 1. The molecule has 1 heterocycles. The minimum absolute atomic E-state index is 0.0604. The van der Waals surface area contributed by atoms with Gasteiger partial charge in [0.2, 0.25) is 15.9 Å². The number of anilines is 1. The lowest BCUT2D eigenvalue weighted by Crippen LogP contribution is -2.28. The summed E-state index contributed by atoms with van der Waals surface area (Å²) in [6.45, 7) is 4.26. The van der Waals surface area contributed by atoms with Crippen LogP contribution >= 0.6 is 0 Å². The van der Waals surface area contributed by atoms with Gasteiger partial charge in [-0.2, -0.15) is 0 Å². The molecule has 0 spiro atoms. The SMILES string of the molecule is CCC(=O)N1CCc2cc(S(=O)(=O)N[C@H](C)c3ccccc3)ccc21. The van der Waals surface area contributed by atoms with Gasteiger partial charge in [0.05, 0.1) is 4.90 Å². The Morgan fingerprint density at radius 2 is 1.92 bits per heavy atom. The highest BCUT2D eigenvalue weighted by molar-refractivity contribution is 7.89. The van der Waals surface area contributed by atoms with Gasteiger partial charge in [0.15, 0.2) is 0 Å². The van der Waals surface area contributed by atoms with Gasteiger partial charge in [-0.3, -0.25) is 4.79 Å². The van der Waals surface area contributed by atoms with Crippen molar-refractivity contribution in [3.63, 3.8) is 0 Å². The number of nitrogens with zero attached hydrogens (tertiary/aromatic N) is 1. The predicted molar refractivity (Wildman–Crippen MR) is 98.0 cm³/mol. The third-order valence-electron chi connectivity index (χ3n) is 4.49. The number of nitrogens with one attached hydrogen (secondary N) is 1. The largest absolute Gasteiger partial charge is 0.312 e. The molecule has 1 atom stereocenters. The lowest BCUT2D eigenvalue weighted by Gasteiger charge is -2.17. The summed E-state index contributed by atoms with van der Waals surface area (Å²) < 4.78 is 28.1. The van der Waals surface area contributed by atoms with Crippen LogP contribution in [0, 0.1) is 0 Å². The Hall–Kier alpha value is -2.18. The van der Waals surface area contributed by atoms with Gasteiger partial charge in [0.25, 0.3) is 0 Å². The van der Waals surface area contributed by atoms with Crippen LogP contribution in [-0.4, -0.2) is 20.9 Å². The lowest BCUT2D eigenvalue weighted by molar-refractivity contribution is -0.118. The Labute approximate surface area is 148 Å². The first-order chi connectivity index (χ1) is 11.9. The van der Waals surface area contributed by atoms with E-state index in [1.807, 2.05) is 44.2 Å². The monoisotopic (exact) mass is 358 g/mol. The Morgan fingerprint density at radius 1 is 1.20 bits per heavy atom. The quantitative estimate of drug-likeness (QED) is 0.893. The molecule has 0 bridgehead atoms. The van der Waals surface area contributed by atoms with Crippen molar-refractivity contribution in [2.75, 3.05) is 11.4 Å². The maximum absolute atomic E-state index is 12.7. The highest BCUT2D eigenvalue weighted by Crippen LogP contribution is 2.31. The van der Waals surface area contributed by atoms with Gasteiger partial charge in [0, 0.05) is 24.7 Å². The molecule has 25 heavy (non-hydrogen) atoms. The van der Waals surface area contributed by atoms with Crippen LogP contribution in [-0.2, 0) is 21.2 Å². The van der Waals surface area contributed by atoms with Crippen LogP contribution < -0.4 is 9.62 Å². The van der Waals surface area contributed by atoms with E-state index in [1.54, 1.807) is 23.1 Å². The number of hydrogen-bond donors (Lipinski definition) is 1. The topological polar surface area (TPSA) is 66.5 Å². The van der Waals surface area contributed by atoms with E-state index in [9.17, 15) is 13.2 Å². The fraction of sp³-hybridized carbons (Fsp3) is 0.316. The van der Waals surface area contributed by atoms with Crippen LogP contribution in [0.5, 0.6) is 0 Å². The zero-order valence-corrected chi connectivity index (χ0v) is 15.2. The maximum atomic E-state index is 12.7. The van der Waals surface area contributed by atoms with Crippen molar-refractivity contribution in [1.29, 1.82) is 0 Å². The Morgan fingerprint density at radius 3 is 2.60 bits per heavy atom. The van der Waals surface area contributed by atoms with Crippen LogP contribution in [0.25, 0.3) is 0 Å². The average Bonchev–Trinajstić information content (AvgIpc) is 3.04. The second-order valence-corrected chi connectivity index (χ2v) is 7.91. The van der Waals surface area contributed by atoms with Gasteiger partial charge >= 0.3 is 0 Å². The van der Waals surface area contributed by atoms with E-state index in [-0.39, 0.29) is 16.8 Å². The molecule has 0 unspecified atom stereocenters. The molecule has 3 rings (SSSR count). The molecule has 132 valence electrons. The van der Waals surface area contributed by atoms with Crippen molar-refractivity contribution in [3.8, 4) is 0 Å². The van der Waals surface area contributed by atoms with Gasteiger partial charge < -0.3 is 4.90 Å². The smallest absolute Gasteiger partial charge is 0.241 e. The first-order valence-corrected chi connectivity index (χ1v) is 9.91. The van der Waals surface area contributed by atoms with E-state index in [1.165, 1.54) is 0 Å². The summed E-state index contributed by atoms with van der Waals surface area (Å²) in [6.07, 6.45) is 1.12. The number of fused-ring (bicyclic) bond motifs is 1. The van der Waals surface area contributed by atoms with Crippen molar-refractivity contribution in [3.05, 3.63) is 59.7 Å². The minimum Gasteiger partial charge on any atom is -0.312 e. The van der Waals surface area contributed by atoms with Gasteiger partial charge in [-0.15, -0.1) is 0 Å². The molecular formula is C19H22N2O3S. The summed E-state index contributed by atoms with van der Waals surface area (Å²) >= 11 is 0. The molecule has 2 aromatic carbocycles. The van der Waals surface area contributed by atoms with Crippen molar-refractivity contribution in [1.82, 2.24) is 4.72 Å². The molecule has 2 aromatic rings. The molecule has 0 aromatic heterocycles. The zero-order valence-electron chi connectivity index (χ0n) is 14.4. The van der Waals surface area contributed by atoms with Crippen LogP contribution in [0.4, 0.5) is 5.69 Å². The molecule has 1 N–H and O–H groups in total. The number of rotatable bonds is 5. The van der Waals surface area contributed by atoms with Crippen LogP contribution in [0.15, 0.2) is 53.4 Å². The number of carbonyl (C=O) groups excluding carboxylic acids is 1. The standard InChI is InChI=1S/C19H22N2O3S/c1-3-19(22)21-12-11-16-13-17(9-10-18(16)21)25(23,24)20-14(2)15-7-5-4-6-8-15/h4-10,13-14,20H,3,11-12H2,1-2H3/t14-/m1/s1. The van der Waals surface area contributed by atoms with Gasteiger partial charge in [-0.1, -0.05) is 37.3 Å². The fourth-order valence-corrected chi connectivity index (χ4v) is 4.39. The third-order valence-corrected chi connectivity index (χ3v) is 6.03. The third kappa shape index (κ3) is 3.60. The van der Waals surface area contributed by atoms with Gasteiger partial charge in [-0.25, -0.2) is 13.1 Å².